The number of ether oxygens (including phenoxy) is 2. The molecule has 2 heterocycles. The average molecular weight is 288 g/mol. The van der Waals surface area contributed by atoms with Gasteiger partial charge in [-0.3, -0.25) is 4.79 Å². The zero-order valence-electron chi connectivity index (χ0n) is 12.2. The first-order valence-electron chi connectivity index (χ1n) is 7.37. The van der Waals surface area contributed by atoms with Crippen molar-refractivity contribution < 1.29 is 14.3 Å². The summed E-state index contributed by atoms with van der Waals surface area (Å²) in [6.07, 6.45) is 4.49. The zero-order chi connectivity index (χ0) is 14.7. The van der Waals surface area contributed by atoms with E-state index in [4.69, 9.17) is 9.47 Å². The summed E-state index contributed by atoms with van der Waals surface area (Å²) in [7, 11) is 0. The first kappa shape index (κ1) is 13.9. The Hall–Kier alpha value is -2.01. The van der Waals surface area contributed by atoms with E-state index in [9.17, 15) is 4.79 Å². The van der Waals surface area contributed by atoms with Gasteiger partial charge in [0.15, 0.2) is 11.5 Å². The monoisotopic (exact) mass is 288 g/mol. The number of carbonyl (C=O) groups is 1. The Labute approximate surface area is 124 Å². The molecule has 2 aliphatic rings. The lowest BCUT2D eigenvalue weighted by molar-refractivity contribution is -0.127. The van der Waals surface area contributed by atoms with E-state index in [1.807, 2.05) is 36.1 Å². The van der Waals surface area contributed by atoms with Crippen molar-refractivity contribution in [2.24, 2.45) is 0 Å². The van der Waals surface area contributed by atoms with Crippen LogP contribution in [0.4, 0.5) is 0 Å². The molecule has 112 valence electrons. The summed E-state index contributed by atoms with van der Waals surface area (Å²) in [4.78, 5) is 14.2. The van der Waals surface area contributed by atoms with Gasteiger partial charge in [0.1, 0.15) is 0 Å². The molecule has 0 saturated carbocycles. The topological polar surface area (TPSA) is 50.8 Å². The summed E-state index contributed by atoms with van der Waals surface area (Å²) in [5.74, 6) is 1.55. The molecule has 0 spiro atoms. The molecule has 1 unspecified atom stereocenters. The third-order valence-corrected chi connectivity index (χ3v) is 3.91. The summed E-state index contributed by atoms with van der Waals surface area (Å²) in [5.41, 5.74) is 0.938. The molecule has 1 N–H and O–H groups in total. The summed E-state index contributed by atoms with van der Waals surface area (Å²) < 4.78 is 10.6. The first-order valence-corrected chi connectivity index (χ1v) is 7.37. The smallest absolute Gasteiger partial charge is 0.246 e. The fourth-order valence-corrected chi connectivity index (χ4v) is 2.78. The molecule has 3 rings (SSSR count). The van der Waals surface area contributed by atoms with Crippen molar-refractivity contribution >= 4 is 12.0 Å². The molecule has 2 aliphatic heterocycles. The van der Waals surface area contributed by atoms with Crippen LogP contribution in [0.3, 0.4) is 0 Å². The maximum Gasteiger partial charge on any atom is 0.246 e. The number of rotatable bonds is 4. The minimum Gasteiger partial charge on any atom is -0.454 e. The lowest BCUT2D eigenvalue weighted by Crippen LogP contribution is -2.40. The Morgan fingerprint density at radius 3 is 3.05 bits per heavy atom. The van der Waals surface area contributed by atoms with Crippen molar-refractivity contribution in [1.29, 1.82) is 0 Å². The number of likely N-dealkylation sites (N-methyl/N-ethyl adjacent to an activating group) is 1. The van der Waals surface area contributed by atoms with Crippen molar-refractivity contribution in [3.8, 4) is 11.5 Å². The highest BCUT2D eigenvalue weighted by Gasteiger charge is 2.23. The van der Waals surface area contributed by atoms with Gasteiger partial charge in [-0.25, -0.2) is 0 Å². The molecular weight excluding hydrogens is 268 g/mol. The Morgan fingerprint density at radius 1 is 1.43 bits per heavy atom. The van der Waals surface area contributed by atoms with Crippen LogP contribution >= 0.6 is 0 Å². The van der Waals surface area contributed by atoms with E-state index in [-0.39, 0.29) is 12.7 Å². The van der Waals surface area contributed by atoms with Gasteiger partial charge < -0.3 is 19.7 Å². The summed E-state index contributed by atoms with van der Waals surface area (Å²) in [6, 6.07) is 5.98. The third kappa shape index (κ3) is 3.03. The number of hydrogen-bond acceptors (Lipinski definition) is 4. The number of carbonyl (C=O) groups excluding carboxylic acids is 1. The molecule has 1 aromatic rings. The molecule has 1 aromatic carbocycles. The van der Waals surface area contributed by atoms with Crippen LogP contribution in [0.1, 0.15) is 18.9 Å². The van der Waals surface area contributed by atoms with Crippen LogP contribution in [0.15, 0.2) is 24.3 Å². The Balaban J connectivity index is 1.68. The van der Waals surface area contributed by atoms with Crippen molar-refractivity contribution in [3.63, 3.8) is 0 Å². The van der Waals surface area contributed by atoms with Gasteiger partial charge in [0, 0.05) is 25.2 Å². The van der Waals surface area contributed by atoms with E-state index < -0.39 is 0 Å². The number of nitrogens with one attached hydrogen (secondary N) is 1. The molecule has 1 fully saturated rings. The number of hydrogen-bond donors (Lipinski definition) is 1. The van der Waals surface area contributed by atoms with E-state index >= 15 is 0 Å². The summed E-state index contributed by atoms with van der Waals surface area (Å²) in [5, 5.41) is 3.30. The maximum absolute atomic E-state index is 12.3. The van der Waals surface area contributed by atoms with Gasteiger partial charge in [-0.05, 0) is 43.7 Å². The minimum atomic E-state index is 0.0591. The summed E-state index contributed by atoms with van der Waals surface area (Å²) in [6.45, 7) is 4.89. The SMILES string of the molecule is CCN(C(=O)C=Cc1ccc2c(c1)OCO2)C1CCNC1. The largest absolute Gasteiger partial charge is 0.454 e. The molecule has 0 radical (unpaired) electrons. The molecule has 1 atom stereocenters. The highest BCUT2D eigenvalue weighted by molar-refractivity contribution is 5.92. The number of nitrogens with zero attached hydrogens (tertiary/aromatic N) is 1. The van der Waals surface area contributed by atoms with Crippen molar-refractivity contribution in [2.45, 2.75) is 19.4 Å². The zero-order valence-corrected chi connectivity index (χ0v) is 12.2. The normalized spacial score (nSPS) is 20.1. The highest BCUT2D eigenvalue weighted by Crippen LogP contribution is 2.32. The van der Waals surface area contributed by atoms with Crippen LogP contribution in [0.5, 0.6) is 11.5 Å². The van der Waals surface area contributed by atoms with Gasteiger partial charge in [0.2, 0.25) is 12.7 Å². The van der Waals surface area contributed by atoms with E-state index in [1.165, 1.54) is 0 Å². The van der Waals surface area contributed by atoms with Crippen molar-refractivity contribution in [3.05, 3.63) is 29.8 Å². The maximum atomic E-state index is 12.3. The van der Waals surface area contributed by atoms with Crippen LogP contribution in [-0.2, 0) is 4.79 Å². The summed E-state index contributed by atoms with van der Waals surface area (Å²) >= 11 is 0. The van der Waals surface area contributed by atoms with E-state index in [1.54, 1.807) is 6.08 Å². The predicted molar refractivity (Wildman–Crippen MR) is 80.3 cm³/mol. The van der Waals surface area contributed by atoms with Crippen molar-refractivity contribution in [2.75, 3.05) is 26.4 Å². The molecule has 5 nitrogen and oxygen atoms in total. The van der Waals surface area contributed by atoms with Gasteiger partial charge in [-0.1, -0.05) is 6.07 Å². The standard InChI is InChI=1S/C16H20N2O3/c1-2-18(13-7-8-17-10-13)16(19)6-4-12-3-5-14-15(9-12)21-11-20-14/h3-6,9,13,17H,2,7-8,10-11H2,1H3. The average Bonchev–Trinajstić information content (AvgIpc) is 3.16. The lowest BCUT2D eigenvalue weighted by Gasteiger charge is -2.25. The Kier molecular flexibility index (Phi) is 4.10. The molecule has 0 aliphatic carbocycles. The molecule has 0 aromatic heterocycles. The van der Waals surface area contributed by atoms with Crippen LogP contribution < -0.4 is 14.8 Å². The predicted octanol–water partition coefficient (Wildman–Crippen LogP) is 1.64. The second-order valence-electron chi connectivity index (χ2n) is 5.22. The van der Waals surface area contributed by atoms with Gasteiger partial charge >= 0.3 is 0 Å². The number of benzene rings is 1. The van der Waals surface area contributed by atoms with E-state index in [2.05, 4.69) is 5.32 Å². The fraction of sp³-hybridized carbons (Fsp3) is 0.438. The molecule has 0 bridgehead atoms. The van der Waals surface area contributed by atoms with Gasteiger partial charge in [-0.2, -0.15) is 0 Å². The molecule has 21 heavy (non-hydrogen) atoms. The van der Waals surface area contributed by atoms with Crippen LogP contribution in [0.2, 0.25) is 0 Å². The Bertz CT molecular complexity index is 550. The molecule has 1 amide bonds. The third-order valence-electron chi connectivity index (χ3n) is 3.91. The quantitative estimate of drug-likeness (QED) is 0.856. The van der Waals surface area contributed by atoms with Gasteiger partial charge in [0.25, 0.3) is 0 Å². The molecule has 1 saturated heterocycles. The van der Waals surface area contributed by atoms with Gasteiger partial charge in [0.05, 0.1) is 0 Å². The fourth-order valence-electron chi connectivity index (χ4n) is 2.78. The second kappa shape index (κ2) is 6.18. The van der Waals surface area contributed by atoms with Crippen molar-refractivity contribution in [1.82, 2.24) is 10.2 Å². The van der Waals surface area contributed by atoms with Gasteiger partial charge in [-0.15, -0.1) is 0 Å². The van der Waals surface area contributed by atoms with Crippen LogP contribution in [0.25, 0.3) is 6.08 Å². The molecule has 5 heteroatoms. The van der Waals surface area contributed by atoms with Crippen LogP contribution in [0, 0.1) is 0 Å². The lowest BCUT2D eigenvalue weighted by atomic mass is 10.1. The first-order chi connectivity index (χ1) is 10.3. The Morgan fingerprint density at radius 2 is 2.29 bits per heavy atom. The van der Waals surface area contributed by atoms with E-state index in [0.29, 0.717) is 6.04 Å². The number of amides is 1. The minimum absolute atomic E-state index is 0.0591. The van der Waals surface area contributed by atoms with Crippen LogP contribution in [-0.4, -0.2) is 43.3 Å². The highest BCUT2D eigenvalue weighted by atomic mass is 16.7. The second-order valence-corrected chi connectivity index (χ2v) is 5.22. The van der Waals surface area contributed by atoms with E-state index in [0.717, 1.165) is 43.1 Å². The number of fused-ring (bicyclic) bond motifs is 1. The molecular formula is C16H20N2O3.